The van der Waals surface area contributed by atoms with E-state index in [0.29, 0.717) is 22.1 Å². The van der Waals surface area contributed by atoms with E-state index in [4.69, 9.17) is 9.52 Å². The molecular weight excluding hydrogens is 320 g/mol. The molecule has 1 aliphatic rings. The molecule has 1 N–H and O–H groups in total. The predicted molar refractivity (Wildman–Crippen MR) is 93.2 cm³/mol. The molecule has 1 aliphatic carbocycles. The number of fused-ring (bicyclic) bond motifs is 2. The Labute approximate surface area is 142 Å². The molecule has 126 valence electrons. The second-order valence-electron chi connectivity index (χ2n) is 6.50. The zero-order valence-corrected chi connectivity index (χ0v) is 13.5. The Hall–Kier alpha value is -2.95. The van der Waals surface area contributed by atoms with Gasteiger partial charge in [0.1, 0.15) is 11.2 Å². The normalized spacial score (nSPS) is 15.0. The number of ketones is 1. The number of Topliss-reactive ketones (excluding diaryl/α,β-unsaturated/α-hetero) is 1. The van der Waals surface area contributed by atoms with E-state index in [1.807, 2.05) is 0 Å². The Morgan fingerprint density at radius 1 is 0.920 bits per heavy atom. The largest absolute Gasteiger partial charge is 0.478 e. The number of aromatic carboxylic acids is 1. The first-order chi connectivity index (χ1) is 12.0. The fourth-order valence-corrected chi connectivity index (χ4v) is 3.56. The maximum atomic E-state index is 12.7. The summed E-state index contributed by atoms with van der Waals surface area (Å²) in [6, 6.07) is 9.07. The van der Waals surface area contributed by atoms with Crippen molar-refractivity contribution in [2.45, 2.75) is 25.7 Å². The highest BCUT2D eigenvalue weighted by atomic mass is 16.4. The molecule has 0 bridgehead atoms. The second kappa shape index (κ2) is 5.84. The van der Waals surface area contributed by atoms with Gasteiger partial charge in [-0.1, -0.05) is 18.9 Å². The summed E-state index contributed by atoms with van der Waals surface area (Å²) in [5.41, 5.74) is 0.966. The molecule has 1 saturated carbocycles. The van der Waals surface area contributed by atoms with E-state index in [1.54, 1.807) is 18.2 Å². The Bertz CT molecular complexity index is 1070. The van der Waals surface area contributed by atoms with Crippen molar-refractivity contribution in [2.75, 3.05) is 0 Å². The van der Waals surface area contributed by atoms with Gasteiger partial charge in [0.25, 0.3) is 0 Å². The van der Waals surface area contributed by atoms with Gasteiger partial charge in [0.2, 0.25) is 5.43 Å². The first-order valence-corrected chi connectivity index (χ1v) is 8.33. The van der Waals surface area contributed by atoms with E-state index in [9.17, 15) is 14.4 Å². The Kier molecular flexibility index (Phi) is 3.64. The van der Waals surface area contributed by atoms with E-state index >= 15 is 0 Å². The number of hydrogen-bond donors (Lipinski definition) is 1. The summed E-state index contributed by atoms with van der Waals surface area (Å²) in [6.07, 6.45) is 3.98. The lowest BCUT2D eigenvalue weighted by Gasteiger charge is -2.09. The summed E-state index contributed by atoms with van der Waals surface area (Å²) in [5.74, 6) is -0.940. The molecule has 2 aromatic carbocycles. The lowest BCUT2D eigenvalue weighted by molar-refractivity contribution is 0.0696. The van der Waals surface area contributed by atoms with E-state index in [-0.39, 0.29) is 28.1 Å². The van der Waals surface area contributed by atoms with Crippen molar-refractivity contribution in [1.82, 2.24) is 0 Å². The lowest BCUT2D eigenvalue weighted by Crippen LogP contribution is -2.11. The number of carboxylic acids is 1. The van der Waals surface area contributed by atoms with Gasteiger partial charge >= 0.3 is 5.97 Å². The Morgan fingerprint density at radius 3 is 2.36 bits per heavy atom. The van der Waals surface area contributed by atoms with Crippen LogP contribution in [0.4, 0.5) is 0 Å². The Morgan fingerprint density at radius 2 is 1.64 bits per heavy atom. The van der Waals surface area contributed by atoms with E-state index in [0.717, 1.165) is 25.7 Å². The highest BCUT2D eigenvalue weighted by molar-refractivity contribution is 6.02. The van der Waals surface area contributed by atoms with Gasteiger partial charge in [-0.15, -0.1) is 0 Å². The van der Waals surface area contributed by atoms with Crippen molar-refractivity contribution >= 4 is 33.7 Å². The molecule has 3 aromatic rings. The highest BCUT2D eigenvalue weighted by Gasteiger charge is 2.24. The van der Waals surface area contributed by atoms with Crippen molar-refractivity contribution in [1.29, 1.82) is 0 Å². The van der Waals surface area contributed by atoms with Gasteiger partial charge in [0.15, 0.2) is 5.78 Å². The molecule has 1 aromatic heterocycles. The van der Waals surface area contributed by atoms with E-state index < -0.39 is 5.97 Å². The van der Waals surface area contributed by atoms with E-state index in [2.05, 4.69) is 0 Å². The molecule has 0 radical (unpaired) electrons. The third kappa shape index (κ3) is 2.61. The van der Waals surface area contributed by atoms with Gasteiger partial charge in [-0.25, -0.2) is 4.79 Å². The van der Waals surface area contributed by atoms with Crippen LogP contribution in [0.25, 0.3) is 21.9 Å². The molecule has 1 heterocycles. The summed E-state index contributed by atoms with van der Waals surface area (Å²) < 4.78 is 5.77. The smallest absolute Gasteiger partial charge is 0.335 e. The lowest BCUT2D eigenvalue weighted by atomic mass is 9.95. The van der Waals surface area contributed by atoms with Crippen LogP contribution in [-0.2, 0) is 0 Å². The number of rotatable bonds is 3. The van der Waals surface area contributed by atoms with Crippen LogP contribution in [-0.4, -0.2) is 16.9 Å². The third-order valence-electron chi connectivity index (χ3n) is 4.93. The number of carbonyl (C=O) groups excluding carboxylic acids is 1. The fourth-order valence-electron chi connectivity index (χ4n) is 3.56. The van der Waals surface area contributed by atoms with Crippen molar-refractivity contribution in [2.24, 2.45) is 5.92 Å². The van der Waals surface area contributed by atoms with Gasteiger partial charge in [-0.3, -0.25) is 9.59 Å². The van der Waals surface area contributed by atoms with Gasteiger partial charge in [0.05, 0.1) is 16.3 Å². The van der Waals surface area contributed by atoms with Gasteiger partial charge in [-0.05, 0) is 43.2 Å². The summed E-state index contributed by atoms with van der Waals surface area (Å²) in [6.45, 7) is 0. The van der Waals surface area contributed by atoms with Gasteiger partial charge < -0.3 is 9.52 Å². The molecule has 0 atom stereocenters. The van der Waals surface area contributed by atoms with Gasteiger partial charge in [0, 0.05) is 11.5 Å². The highest BCUT2D eigenvalue weighted by Crippen LogP contribution is 2.29. The quantitative estimate of drug-likeness (QED) is 0.577. The molecular formula is C20H16O5. The molecule has 5 heteroatoms. The maximum Gasteiger partial charge on any atom is 0.335 e. The molecule has 25 heavy (non-hydrogen) atoms. The minimum Gasteiger partial charge on any atom is -0.478 e. The minimum absolute atomic E-state index is 0.0344. The summed E-state index contributed by atoms with van der Waals surface area (Å²) in [7, 11) is 0. The summed E-state index contributed by atoms with van der Waals surface area (Å²) >= 11 is 0. The van der Waals surface area contributed by atoms with Gasteiger partial charge in [-0.2, -0.15) is 0 Å². The standard InChI is InChI=1S/C20H16O5/c21-18(11-3-1-2-4-11)12-5-7-14-17(10-12)25-16-8-6-13(20(23)24)9-15(16)19(14)22/h5-11H,1-4H2,(H,23,24). The molecule has 5 nitrogen and oxygen atoms in total. The molecule has 1 fully saturated rings. The first-order valence-electron chi connectivity index (χ1n) is 8.33. The maximum absolute atomic E-state index is 12.7. The number of carboxylic acid groups (broad SMARTS) is 1. The second-order valence-corrected chi connectivity index (χ2v) is 6.50. The molecule has 0 spiro atoms. The van der Waals surface area contributed by atoms with Crippen LogP contribution in [0, 0.1) is 5.92 Å². The molecule has 0 saturated heterocycles. The molecule has 0 amide bonds. The van der Waals surface area contributed by atoms with Crippen LogP contribution in [0.2, 0.25) is 0 Å². The van der Waals surface area contributed by atoms with Crippen molar-refractivity contribution in [3.63, 3.8) is 0 Å². The average Bonchev–Trinajstić information content (AvgIpc) is 3.15. The molecule has 0 aliphatic heterocycles. The zero-order chi connectivity index (χ0) is 17.6. The number of hydrogen-bond acceptors (Lipinski definition) is 4. The van der Waals surface area contributed by atoms with Crippen molar-refractivity contribution in [3.8, 4) is 0 Å². The van der Waals surface area contributed by atoms with Crippen LogP contribution in [0.15, 0.2) is 45.6 Å². The molecule has 0 unspecified atom stereocenters. The minimum atomic E-state index is -1.10. The van der Waals surface area contributed by atoms with Crippen LogP contribution >= 0.6 is 0 Å². The third-order valence-corrected chi connectivity index (χ3v) is 4.93. The fraction of sp³-hybridized carbons (Fsp3) is 0.250. The number of carbonyl (C=O) groups is 2. The monoisotopic (exact) mass is 336 g/mol. The van der Waals surface area contributed by atoms with E-state index in [1.165, 1.54) is 18.2 Å². The van der Waals surface area contributed by atoms with Crippen molar-refractivity contribution < 1.29 is 19.1 Å². The molecule has 4 rings (SSSR count). The number of benzene rings is 2. The van der Waals surface area contributed by atoms with Crippen LogP contribution < -0.4 is 5.43 Å². The zero-order valence-electron chi connectivity index (χ0n) is 13.5. The predicted octanol–water partition coefficient (Wildman–Crippen LogP) is 4.02. The van der Waals surface area contributed by atoms with Crippen LogP contribution in [0.3, 0.4) is 0 Å². The van der Waals surface area contributed by atoms with Crippen LogP contribution in [0.5, 0.6) is 0 Å². The van der Waals surface area contributed by atoms with Crippen molar-refractivity contribution in [3.05, 3.63) is 57.7 Å². The first kappa shape index (κ1) is 15.6. The van der Waals surface area contributed by atoms with Crippen LogP contribution in [0.1, 0.15) is 46.4 Å². The SMILES string of the molecule is O=C(O)c1ccc2oc3cc(C(=O)C4CCCC4)ccc3c(=O)c2c1. The average molecular weight is 336 g/mol. The summed E-state index contributed by atoms with van der Waals surface area (Å²) in [4.78, 5) is 36.3. The Balaban J connectivity index is 1.87. The topological polar surface area (TPSA) is 84.6 Å². The summed E-state index contributed by atoms with van der Waals surface area (Å²) in [5, 5.41) is 9.65.